The Kier molecular flexibility index (Phi) is 2.88. The second-order valence-electron chi connectivity index (χ2n) is 3.13. The van der Waals surface area contributed by atoms with Gasteiger partial charge in [-0.1, -0.05) is 6.07 Å². The van der Waals surface area contributed by atoms with Crippen molar-refractivity contribution in [2.75, 3.05) is 0 Å². The van der Waals surface area contributed by atoms with Crippen molar-refractivity contribution in [2.45, 2.75) is 20.8 Å². The third kappa shape index (κ3) is 1.80. The Morgan fingerprint density at radius 1 is 1.23 bits per heavy atom. The molecule has 0 aromatic heterocycles. The van der Waals surface area contributed by atoms with Gasteiger partial charge in [0.25, 0.3) is 0 Å². The van der Waals surface area contributed by atoms with Gasteiger partial charge in [-0.25, -0.2) is 0 Å². The number of aryl methyl sites for hydroxylation is 1. The molecule has 1 aromatic carbocycles. The van der Waals surface area contributed by atoms with Gasteiger partial charge < -0.3 is 4.98 Å². The van der Waals surface area contributed by atoms with E-state index in [-0.39, 0.29) is 5.91 Å². The van der Waals surface area contributed by atoms with Crippen LogP contribution in [0.2, 0.25) is 0 Å². The van der Waals surface area contributed by atoms with E-state index in [9.17, 15) is 4.79 Å². The Morgan fingerprint density at radius 3 is 2.38 bits per heavy atom. The van der Waals surface area contributed by atoms with Gasteiger partial charge in [0.05, 0.1) is 0 Å². The standard InChI is InChI=1S/C10H12NOSi/c1-6-4-5-9(10(12)11-13)8(3)7(6)2/h4-5H,1-3H3,(H,11,12). The second kappa shape index (κ2) is 3.74. The molecule has 0 bridgehead atoms. The zero-order valence-electron chi connectivity index (χ0n) is 8.06. The van der Waals surface area contributed by atoms with Gasteiger partial charge >= 0.3 is 0 Å². The minimum absolute atomic E-state index is 0.0998. The molecule has 1 N–H and O–H groups in total. The van der Waals surface area contributed by atoms with E-state index in [1.165, 1.54) is 11.1 Å². The zero-order valence-corrected chi connectivity index (χ0v) is 9.06. The van der Waals surface area contributed by atoms with Crippen LogP contribution < -0.4 is 4.98 Å². The van der Waals surface area contributed by atoms with Gasteiger partial charge in [0.15, 0.2) is 10.4 Å². The molecule has 0 heterocycles. The molecule has 0 atom stereocenters. The fourth-order valence-corrected chi connectivity index (χ4v) is 1.40. The number of benzene rings is 1. The first-order valence-electron chi connectivity index (χ1n) is 4.11. The topological polar surface area (TPSA) is 29.1 Å². The molecule has 0 aliphatic carbocycles. The van der Waals surface area contributed by atoms with Crippen LogP contribution in [0.1, 0.15) is 27.0 Å². The molecule has 1 aromatic rings. The van der Waals surface area contributed by atoms with E-state index in [0.717, 1.165) is 11.1 Å². The number of rotatable bonds is 1. The van der Waals surface area contributed by atoms with Gasteiger partial charge in [0.1, 0.15) is 0 Å². The van der Waals surface area contributed by atoms with Gasteiger partial charge in [0, 0.05) is 5.56 Å². The van der Waals surface area contributed by atoms with Crippen LogP contribution in [0, 0.1) is 20.8 Å². The minimum Gasteiger partial charge on any atom is -0.379 e. The van der Waals surface area contributed by atoms with Crippen LogP contribution in [0.25, 0.3) is 0 Å². The van der Waals surface area contributed by atoms with Crippen molar-refractivity contribution < 1.29 is 4.79 Å². The summed E-state index contributed by atoms with van der Waals surface area (Å²) in [6.07, 6.45) is 0. The average Bonchev–Trinajstić information content (AvgIpc) is 2.13. The zero-order chi connectivity index (χ0) is 10.0. The molecular formula is C10H12NOSi. The Labute approximate surface area is 81.9 Å². The largest absolute Gasteiger partial charge is 0.379 e. The quantitative estimate of drug-likeness (QED) is 0.667. The highest BCUT2D eigenvalue weighted by Gasteiger charge is 2.08. The minimum atomic E-state index is -0.0998. The molecule has 0 saturated carbocycles. The maximum Gasteiger partial charge on any atom is 0.243 e. The van der Waals surface area contributed by atoms with E-state index >= 15 is 0 Å². The first kappa shape index (κ1) is 9.99. The summed E-state index contributed by atoms with van der Waals surface area (Å²) in [4.78, 5) is 13.8. The molecule has 0 aliphatic rings. The molecular weight excluding hydrogens is 178 g/mol. The molecule has 1 amide bonds. The van der Waals surface area contributed by atoms with Crippen molar-refractivity contribution in [3.63, 3.8) is 0 Å². The molecule has 2 nitrogen and oxygen atoms in total. The van der Waals surface area contributed by atoms with E-state index in [4.69, 9.17) is 0 Å². The summed E-state index contributed by atoms with van der Waals surface area (Å²) >= 11 is 0. The van der Waals surface area contributed by atoms with Crippen molar-refractivity contribution in [1.82, 2.24) is 4.98 Å². The predicted octanol–water partition coefficient (Wildman–Crippen LogP) is 1.43. The van der Waals surface area contributed by atoms with Crippen LogP contribution in [0.5, 0.6) is 0 Å². The van der Waals surface area contributed by atoms with Gasteiger partial charge in [-0.05, 0) is 43.5 Å². The summed E-state index contributed by atoms with van der Waals surface area (Å²) < 4.78 is 0. The lowest BCUT2D eigenvalue weighted by molar-refractivity contribution is 0.0981. The van der Waals surface area contributed by atoms with Gasteiger partial charge in [0.2, 0.25) is 5.91 Å². The summed E-state index contributed by atoms with van der Waals surface area (Å²) in [5.41, 5.74) is 4.14. The molecule has 13 heavy (non-hydrogen) atoms. The van der Waals surface area contributed by atoms with E-state index in [2.05, 4.69) is 15.4 Å². The highest BCUT2D eigenvalue weighted by Crippen LogP contribution is 2.16. The van der Waals surface area contributed by atoms with Crippen molar-refractivity contribution in [1.29, 1.82) is 0 Å². The monoisotopic (exact) mass is 190 g/mol. The Morgan fingerprint density at radius 2 is 1.85 bits per heavy atom. The van der Waals surface area contributed by atoms with Gasteiger partial charge in [-0.2, -0.15) is 0 Å². The Hall–Kier alpha value is -1.09. The lowest BCUT2D eigenvalue weighted by atomic mass is 9.99. The number of carbonyl (C=O) groups is 1. The van der Waals surface area contributed by atoms with Crippen LogP contribution in [0.15, 0.2) is 12.1 Å². The summed E-state index contributed by atoms with van der Waals surface area (Å²) in [5, 5.41) is 0. The Bertz CT molecular complexity index is 347. The highest BCUT2D eigenvalue weighted by molar-refractivity contribution is 6.18. The smallest absolute Gasteiger partial charge is 0.243 e. The third-order valence-electron chi connectivity index (χ3n) is 2.42. The van der Waals surface area contributed by atoms with Crippen molar-refractivity contribution in [3.8, 4) is 0 Å². The number of amides is 1. The van der Waals surface area contributed by atoms with Crippen LogP contribution >= 0.6 is 0 Å². The van der Waals surface area contributed by atoms with Crippen LogP contribution in [-0.4, -0.2) is 16.3 Å². The SMILES string of the molecule is Cc1ccc(C(=O)N[Si])c(C)c1C. The summed E-state index contributed by atoms with van der Waals surface area (Å²) in [6.45, 7) is 6.02. The third-order valence-corrected chi connectivity index (χ3v) is 2.64. The molecule has 0 aliphatic heterocycles. The molecule has 67 valence electrons. The number of carbonyl (C=O) groups excluding carboxylic acids is 1. The lowest BCUT2D eigenvalue weighted by Gasteiger charge is -2.09. The van der Waals surface area contributed by atoms with Crippen molar-refractivity contribution >= 4 is 16.3 Å². The fraction of sp³-hybridized carbons (Fsp3) is 0.300. The maximum absolute atomic E-state index is 11.3. The molecule has 3 heteroatoms. The molecule has 1 rings (SSSR count). The van der Waals surface area contributed by atoms with Gasteiger partial charge in [-0.15, -0.1) is 0 Å². The van der Waals surface area contributed by atoms with E-state index in [1.807, 2.05) is 32.9 Å². The second-order valence-corrected chi connectivity index (χ2v) is 3.38. The van der Waals surface area contributed by atoms with E-state index in [0.29, 0.717) is 0 Å². The van der Waals surface area contributed by atoms with Gasteiger partial charge in [-0.3, -0.25) is 4.79 Å². The van der Waals surface area contributed by atoms with E-state index in [1.54, 1.807) is 0 Å². The fourth-order valence-electron chi connectivity index (χ4n) is 1.27. The molecule has 0 fully saturated rings. The Balaban J connectivity index is 3.26. The van der Waals surface area contributed by atoms with Crippen LogP contribution in [0.4, 0.5) is 0 Å². The molecule has 0 unspecified atom stereocenters. The predicted molar refractivity (Wildman–Crippen MR) is 53.9 cm³/mol. The van der Waals surface area contributed by atoms with Crippen LogP contribution in [0.3, 0.4) is 0 Å². The van der Waals surface area contributed by atoms with E-state index < -0.39 is 0 Å². The molecule has 3 radical (unpaired) electrons. The van der Waals surface area contributed by atoms with Crippen molar-refractivity contribution in [2.24, 2.45) is 0 Å². The first-order chi connectivity index (χ1) is 6.07. The summed E-state index contributed by atoms with van der Waals surface area (Å²) in [6, 6.07) is 3.80. The summed E-state index contributed by atoms with van der Waals surface area (Å²) in [5.74, 6) is -0.0998. The average molecular weight is 190 g/mol. The lowest BCUT2D eigenvalue weighted by Crippen LogP contribution is -2.21. The van der Waals surface area contributed by atoms with Crippen molar-refractivity contribution in [3.05, 3.63) is 34.4 Å². The molecule has 0 spiro atoms. The normalized spacial score (nSPS) is 9.85. The number of hydrogen-bond acceptors (Lipinski definition) is 1. The highest BCUT2D eigenvalue weighted by atomic mass is 28.2. The number of hydrogen-bond donors (Lipinski definition) is 1. The molecule has 0 saturated heterocycles. The maximum atomic E-state index is 11.3. The first-order valence-corrected chi connectivity index (χ1v) is 4.61. The van der Waals surface area contributed by atoms with Crippen LogP contribution in [-0.2, 0) is 0 Å². The summed E-state index contributed by atoms with van der Waals surface area (Å²) in [7, 11) is 2.98. The number of nitrogens with one attached hydrogen (secondary N) is 1.